The Bertz CT molecular complexity index is 430. The molecule has 0 aromatic heterocycles. The number of carbonyl (C=O) groups is 1. The van der Waals surface area contributed by atoms with E-state index < -0.39 is 0 Å². The average molecular weight is 275 g/mol. The molecule has 3 heteroatoms. The molecule has 0 spiro atoms. The summed E-state index contributed by atoms with van der Waals surface area (Å²) in [5, 5.41) is 9.67. The van der Waals surface area contributed by atoms with Crippen LogP contribution in [0.1, 0.15) is 44.6 Å². The third kappa shape index (κ3) is 3.40. The largest absolute Gasteiger partial charge is 0.393 e. The van der Waals surface area contributed by atoms with E-state index in [4.69, 9.17) is 0 Å². The van der Waals surface area contributed by atoms with Crippen LogP contribution in [0.5, 0.6) is 0 Å². The van der Waals surface area contributed by atoms with E-state index in [9.17, 15) is 9.90 Å². The van der Waals surface area contributed by atoms with Gasteiger partial charge in [-0.15, -0.1) is 0 Å². The van der Waals surface area contributed by atoms with Gasteiger partial charge in [0.25, 0.3) is 0 Å². The molecule has 0 unspecified atom stereocenters. The molecule has 0 saturated carbocycles. The topological polar surface area (TPSA) is 40.5 Å². The lowest BCUT2D eigenvalue weighted by Crippen LogP contribution is -2.34. The van der Waals surface area contributed by atoms with Crippen molar-refractivity contribution in [2.75, 3.05) is 13.1 Å². The molecule has 20 heavy (non-hydrogen) atoms. The van der Waals surface area contributed by atoms with Crippen molar-refractivity contribution in [1.82, 2.24) is 4.90 Å². The van der Waals surface area contributed by atoms with Gasteiger partial charge in [-0.1, -0.05) is 43.7 Å². The van der Waals surface area contributed by atoms with Crippen LogP contribution in [0.4, 0.5) is 0 Å². The summed E-state index contributed by atoms with van der Waals surface area (Å²) in [5.74, 6) is 0.423. The maximum Gasteiger partial charge on any atom is 0.230 e. The lowest BCUT2D eigenvalue weighted by atomic mass is 9.93. The van der Waals surface area contributed by atoms with Gasteiger partial charge in [0.05, 0.1) is 12.0 Å². The summed E-state index contributed by atoms with van der Waals surface area (Å²) in [7, 11) is 0. The molecule has 0 bridgehead atoms. The summed E-state index contributed by atoms with van der Waals surface area (Å²) < 4.78 is 0. The first kappa shape index (κ1) is 15.0. The van der Waals surface area contributed by atoms with Crippen molar-refractivity contribution < 1.29 is 9.90 Å². The number of aliphatic hydroxyl groups is 1. The first-order valence-electron chi connectivity index (χ1n) is 7.65. The minimum absolute atomic E-state index is 0.0334. The molecule has 1 saturated heterocycles. The lowest BCUT2D eigenvalue weighted by molar-refractivity contribution is -0.132. The van der Waals surface area contributed by atoms with Crippen molar-refractivity contribution in [2.45, 2.75) is 45.1 Å². The smallest absolute Gasteiger partial charge is 0.230 e. The zero-order valence-corrected chi connectivity index (χ0v) is 12.5. The van der Waals surface area contributed by atoms with Crippen LogP contribution in [0, 0.1) is 5.92 Å². The van der Waals surface area contributed by atoms with Crippen LogP contribution in [0.25, 0.3) is 0 Å². The Morgan fingerprint density at radius 2 is 2.10 bits per heavy atom. The zero-order valence-electron chi connectivity index (χ0n) is 12.5. The van der Waals surface area contributed by atoms with Crippen molar-refractivity contribution >= 4 is 5.91 Å². The van der Waals surface area contributed by atoms with E-state index in [-0.39, 0.29) is 23.8 Å². The van der Waals surface area contributed by atoms with E-state index in [1.165, 1.54) is 0 Å². The van der Waals surface area contributed by atoms with E-state index in [1.54, 1.807) is 0 Å². The van der Waals surface area contributed by atoms with Gasteiger partial charge in [0.2, 0.25) is 5.91 Å². The Morgan fingerprint density at radius 1 is 1.40 bits per heavy atom. The quantitative estimate of drug-likeness (QED) is 0.897. The number of rotatable bonds is 5. The number of benzene rings is 1. The lowest BCUT2D eigenvalue weighted by Gasteiger charge is -2.24. The molecule has 110 valence electrons. The van der Waals surface area contributed by atoms with Gasteiger partial charge < -0.3 is 10.0 Å². The Kier molecular flexibility index (Phi) is 5.18. The second kappa shape index (κ2) is 6.89. The summed E-state index contributed by atoms with van der Waals surface area (Å²) in [6, 6.07) is 10.1. The summed E-state index contributed by atoms with van der Waals surface area (Å²) in [6.07, 6.45) is 2.48. The van der Waals surface area contributed by atoms with Crippen LogP contribution in [-0.4, -0.2) is 35.1 Å². The molecule has 1 aliphatic rings. The number of aliphatic hydroxyl groups excluding tert-OH is 1. The second-order valence-electron chi connectivity index (χ2n) is 5.83. The molecule has 0 radical (unpaired) electrons. The Morgan fingerprint density at radius 3 is 2.65 bits per heavy atom. The van der Waals surface area contributed by atoms with Crippen molar-refractivity contribution in [3.8, 4) is 0 Å². The SMILES string of the molecule is CCC[C@H](C(=O)N1CC[C@@H]([C@H](C)O)C1)c1ccccc1. The minimum atomic E-state index is -0.325. The fourth-order valence-corrected chi connectivity index (χ4v) is 3.01. The fourth-order valence-electron chi connectivity index (χ4n) is 3.01. The molecule has 3 atom stereocenters. The highest BCUT2D eigenvalue weighted by atomic mass is 16.3. The van der Waals surface area contributed by atoms with Gasteiger partial charge in [0.1, 0.15) is 0 Å². The van der Waals surface area contributed by atoms with E-state index in [0.29, 0.717) is 6.54 Å². The maximum atomic E-state index is 12.7. The molecule has 2 rings (SSSR count). The average Bonchev–Trinajstić information content (AvgIpc) is 2.95. The summed E-state index contributed by atoms with van der Waals surface area (Å²) in [5.41, 5.74) is 1.11. The van der Waals surface area contributed by atoms with Crippen LogP contribution in [-0.2, 0) is 4.79 Å². The van der Waals surface area contributed by atoms with Crippen LogP contribution in [0.2, 0.25) is 0 Å². The van der Waals surface area contributed by atoms with Gasteiger partial charge in [0.15, 0.2) is 0 Å². The van der Waals surface area contributed by atoms with Crippen molar-refractivity contribution in [3.05, 3.63) is 35.9 Å². The first-order chi connectivity index (χ1) is 9.63. The molecule has 3 nitrogen and oxygen atoms in total. The van der Waals surface area contributed by atoms with Crippen molar-refractivity contribution in [2.24, 2.45) is 5.92 Å². The zero-order chi connectivity index (χ0) is 14.5. The van der Waals surface area contributed by atoms with E-state index in [0.717, 1.165) is 31.4 Å². The fraction of sp³-hybridized carbons (Fsp3) is 0.588. The van der Waals surface area contributed by atoms with Crippen LogP contribution in [0.15, 0.2) is 30.3 Å². The van der Waals surface area contributed by atoms with E-state index >= 15 is 0 Å². The summed E-state index contributed by atoms with van der Waals surface area (Å²) >= 11 is 0. The predicted molar refractivity (Wildman–Crippen MR) is 80.5 cm³/mol. The molecule has 1 fully saturated rings. The van der Waals surface area contributed by atoms with Gasteiger partial charge in [-0.3, -0.25) is 4.79 Å². The number of hydrogen-bond donors (Lipinski definition) is 1. The summed E-state index contributed by atoms with van der Waals surface area (Å²) in [6.45, 7) is 5.41. The molecule has 1 aromatic carbocycles. The first-order valence-corrected chi connectivity index (χ1v) is 7.65. The molecule has 1 amide bonds. The number of amides is 1. The maximum absolute atomic E-state index is 12.7. The molecule has 1 aliphatic heterocycles. The Hall–Kier alpha value is -1.35. The standard InChI is InChI=1S/C17H25NO2/c1-3-7-16(14-8-5-4-6-9-14)17(20)18-11-10-15(12-18)13(2)19/h4-6,8-9,13,15-16,19H,3,7,10-12H2,1-2H3/t13-,15+,16-/m0/s1. The normalized spacial score (nSPS) is 21.8. The van der Waals surface area contributed by atoms with Gasteiger partial charge >= 0.3 is 0 Å². The molecule has 1 N–H and O–H groups in total. The highest BCUT2D eigenvalue weighted by Gasteiger charge is 2.32. The molecule has 0 aliphatic carbocycles. The monoisotopic (exact) mass is 275 g/mol. The minimum Gasteiger partial charge on any atom is -0.393 e. The Labute approximate surface area is 121 Å². The van der Waals surface area contributed by atoms with Gasteiger partial charge in [0, 0.05) is 19.0 Å². The highest BCUT2D eigenvalue weighted by molar-refractivity contribution is 5.84. The van der Waals surface area contributed by atoms with Gasteiger partial charge in [-0.25, -0.2) is 0 Å². The summed E-state index contributed by atoms with van der Waals surface area (Å²) in [4.78, 5) is 14.7. The molecular formula is C17H25NO2. The second-order valence-corrected chi connectivity index (χ2v) is 5.83. The predicted octanol–water partition coefficient (Wildman–Crippen LogP) is 2.80. The number of carbonyl (C=O) groups excluding carboxylic acids is 1. The van der Waals surface area contributed by atoms with Crippen LogP contribution < -0.4 is 0 Å². The number of hydrogen-bond acceptors (Lipinski definition) is 2. The number of likely N-dealkylation sites (tertiary alicyclic amines) is 1. The third-order valence-corrected chi connectivity index (χ3v) is 4.30. The Balaban J connectivity index is 2.09. The van der Waals surface area contributed by atoms with Crippen molar-refractivity contribution in [3.63, 3.8) is 0 Å². The highest BCUT2D eigenvalue weighted by Crippen LogP contribution is 2.28. The van der Waals surface area contributed by atoms with Gasteiger partial charge in [-0.05, 0) is 25.3 Å². The van der Waals surface area contributed by atoms with Gasteiger partial charge in [-0.2, -0.15) is 0 Å². The van der Waals surface area contributed by atoms with E-state index in [2.05, 4.69) is 6.92 Å². The van der Waals surface area contributed by atoms with E-state index in [1.807, 2.05) is 42.2 Å². The molecular weight excluding hydrogens is 250 g/mol. The molecule has 1 aromatic rings. The number of nitrogens with zero attached hydrogens (tertiary/aromatic N) is 1. The molecule has 1 heterocycles. The van der Waals surface area contributed by atoms with Crippen molar-refractivity contribution in [1.29, 1.82) is 0 Å². The van der Waals surface area contributed by atoms with Crippen LogP contribution >= 0.6 is 0 Å². The third-order valence-electron chi connectivity index (χ3n) is 4.30. The van der Waals surface area contributed by atoms with Crippen LogP contribution in [0.3, 0.4) is 0 Å².